The van der Waals surface area contributed by atoms with E-state index in [1.54, 1.807) is 12.1 Å². The second-order valence-corrected chi connectivity index (χ2v) is 9.00. The number of para-hydroxylation sites is 1. The van der Waals surface area contributed by atoms with Gasteiger partial charge in [-0.2, -0.15) is 0 Å². The number of carbonyl (C=O) groups excluding carboxylic acids is 2. The number of benzene rings is 2. The van der Waals surface area contributed by atoms with E-state index >= 15 is 0 Å². The Balaban J connectivity index is 1.27. The molecule has 1 aliphatic carbocycles. The van der Waals surface area contributed by atoms with Crippen LogP contribution in [-0.4, -0.2) is 66.9 Å². The zero-order valence-electron chi connectivity index (χ0n) is 19.1. The highest BCUT2D eigenvalue weighted by atomic mass is 19.1. The van der Waals surface area contributed by atoms with Gasteiger partial charge in [-0.25, -0.2) is 4.39 Å². The van der Waals surface area contributed by atoms with E-state index in [9.17, 15) is 14.0 Å². The van der Waals surface area contributed by atoms with Gasteiger partial charge in [0.2, 0.25) is 11.8 Å². The second-order valence-electron chi connectivity index (χ2n) is 9.00. The van der Waals surface area contributed by atoms with Crippen LogP contribution >= 0.6 is 0 Å². The smallest absolute Gasteiger partial charge is 0.241 e. The van der Waals surface area contributed by atoms with Crippen LogP contribution in [0.25, 0.3) is 0 Å². The first kappa shape index (κ1) is 23.4. The standard InChI is InChI=1S/C26H33FN4O2/c27-21-11-13-22(14-12-21)28-25(32)19-29-15-17-30(18-16-29)20-26(33)31(23-7-3-1-4-8-23)24-9-5-2-6-10-24/h1,3-4,7-8,11-14,24H,2,5-6,9-10,15-20H2,(H,28,32). The lowest BCUT2D eigenvalue weighted by Crippen LogP contribution is -2.53. The van der Waals surface area contributed by atoms with Crippen LogP contribution in [0.5, 0.6) is 0 Å². The Labute approximate surface area is 195 Å². The first-order chi connectivity index (χ1) is 16.1. The van der Waals surface area contributed by atoms with Crippen molar-refractivity contribution in [3.05, 3.63) is 60.4 Å². The van der Waals surface area contributed by atoms with E-state index < -0.39 is 0 Å². The maximum absolute atomic E-state index is 13.4. The fourth-order valence-corrected chi connectivity index (χ4v) is 4.80. The van der Waals surface area contributed by atoms with Crippen molar-refractivity contribution in [2.45, 2.75) is 38.1 Å². The number of nitrogens with zero attached hydrogens (tertiary/aromatic N) is 3. The minimum absolute atomic E-state index is 0.112. The zero-order valence-corrected chi connectivity index (χ0v) is 19.1. The summed E-state index contributed by atoms with van der Waals surface area (Å²) in [7, 11) is 0. The Kier molecular flexibility index (Phi) is 8.07. The molecule has 2 aromatic carbocycles. The SMILES string of the molecule is O=C(CN1CCN(CC(=O)N(c2ccccc2)C2CCCCC2)CC1)Nc1ccc(F)cc1. The second kappa shape index (κ2) is 11.4. The molecule has 1 heterocycles. The summed E-state index contributed by atoms with van der Waals surface area (Å²) < 4.78 is 13.0. The molecule has 6 nitrogen and oxygen atoms in total. The van der Waals surface area contributed by atoms with Crippen molar-refractivity contribution >= 4 is 23.2 Å². The molecule has 0 bridgehead atoms. The van der Waals surface area contributed by atoms with Crippen LogP contribution in [0.2, 0.25) is 0 Å². The molecule has 0 radical (unpaired) electrons. The molecule has 0 atom stereocenters. The largest absolute Gasteiger partial charge is 0.325 e. The van der Waals surface area contributed by atoms with Crippen molar-refractivity contribution in [3.63, 3.8) is 0 Å². The summed E-state index contributed by atoms with van der Waals surface area (Å²) in [6.45, 7) is 3.67. The van der Waals surface area contributed by atoms with E-state index in [-0.39, 0.29) is 30.2 Å². The molecule has 2 aliphatic rings. The molecular formula is C26H33FN4O2. The van der Waals surface area contributed by atoms with E-state index in [1.165, 1.54) is 31.4 Å². The maximum Gasteiger partial charge on any atom is 0.241 e. The molecule has 1 saturated heterocycles. The van der Waals surface area contributed by atoms with Crippen LogP contribution in [-0.2, 0) is 9.59 Å². The number of anilines is 2. The number of amides is 2. The number of carbonyl (C=O) groups is 2. The molecule has 33 heavy (non-hydrogen) atoms. The van der Waals surface area contributed by atoms with Crippen molar-refractivity contribution in [2.24, 2.45) is 0 Å². The minimum atomic E-state index is -0.326. The zero-order chi connectivity index (χ0) is 23.0. The summed E-state index contributed by atoms with van der Waals surface area (Å²) in [5.41, 5.74) is 1.58. The quantitative estimate of drug-likeness (QED) is 0.695. The van der Waals surface area contributed by atoms with Gasteiger partial charge in [-0.3, -0.25) is 19.4 Å². The van der Waals surface area contributed by atoms with Crippen LogP contribution in [0, 0.1) is 5.82 Å². The monoisotopic (exact) mass is 452 g/mol. The van der Waals surface area contributed by atoms with Gasteiger partial charge >= 0.3 is 0 Å². The lowest BCUT2D eigenvalue weighted by molar-refractivity contribution is -0.122. The third kappa shape index (κ3) is 6.62. The van der Waals surface area contributed by atoms with Crippen LogP contribution in [0.1, 0.15) is 32.1 Å². The van der Waals surface area contributed by atoms with E-state index in [4.69, 9.17) is 0 Å². The van der Waals surface area contributed by atoms with Crippen LogP contribution in [0.15, 0.2) is 54.6 Å². The lowest BCUT2D eigenvalue weighted by atomic mass is 9.93. The Bertz CT molecular complexity index is 908. The molecule has 0 unspecified atom stereocenters. The molecule has 2 fully saturated rings. The summed E-state index contributed by atoms with van der Waals surface area (Å²) >= 11 is 0. The Hall–Kier alpha value is -2.77. The predicted octanol–water partition coefficient (Wildman–Crippen LogP) is 3.75. The Morgan fingerprint density at radius 3 is 2.09 bits per heavy atom. The van der Waals surface area contributed by atoms with Gasteiger partial charge in [-0.15, -0.1) is 0 Å². The molecule has 176 valence electrons. The first-order valence-corrected chi connectivity index (χ1v) is 12.0. The van der Waals surface area contributed by atoms with Crippen LogP contribution < -0.4 is 10.2 Å². The van der Waals surface area contributed by atoms with Gasteiger partial charge in [0.05, 0.1) is 13.1 Å². The number of piperazine rings is 1. The number of hydrogen-bond donors (Lipinski definition) is 1. The minimum Gasteiger partial charge on any atom is -0.325 e. The van der Waals surface area contributed by atoms with Gasteiger partial charge in [-0.05, 0) is 49.2 Å². The van der Waals surface area contributed by atoms with Crippen molar-refractivity contribution in [3.8, 4) is 0 Å². The molecule has 7 heteroatoms. The van der Waals surface area contributed by atoms with E-state index in [0.29, 0.717) is 12.2 Å². The average Bonchev–Trinajstić information content (AvgIpc) is 2.83. The molecule has 1 aliphatic heterocycles. The average molecular weight is 453 g/mol. The van der Waals surface area contributed by atoms with Gasteiger partial charge in [0.25, 0.3) is 0 Å². The molecule has 0 aromatic heterocycles. The summed E-state index contributed by atoms with van der Waals surface area (Å²) in [5, 5.41) is 2.81. The van der Waals surface area contributed by atoms with Gasteiger partial charge in [0.1, 0.15) is 5.82 Å². The molecule has 1 saturated carbocycles. The number of halogens is 1. The van der Waals surface area contributed by atoms with Gasteiger partial charge in [-0.1, -0.05) is 37.5 Å². The normalized spacial score (nSPS) is 18.1. The lowest BCUT2D eigenvalue weighted by Gasteiger charge is -2.38. The van der Waals surface area contributed by atoms with E-state index in [2.05, 4.69) is 15.1 Å². The Morgan fingerprint density at radius 2 is 1.45 bits per heavy atom. The number of nitrogens with one attached hydrogen (secondary N) is 1. The highest BCUT2D eigenvalue weighted by molar-refractivity contribution is 5.95. The predicted molar refractivity (Wildman–Crippen MR) is 129 cm³/mol. The third-order valence-corrected chi connectivity index (χ3v) is 6.56. The molecule has 2 amide bonds. The molecule has 4 rings (SSSR count). The number of hydrogen-bond acceptors (Lipinski definition) is 4. The van der Waals surface area contributed by atoms with Gasteiger partial charge in [0, 0.05) is 43.6 Å². The molecule has 0 spiro atoms. The summed E-state index contributed by atoms with van der Waals surface area (Å²) in [5.74, 6) is -0.276. The summed E-state index contributed by atoms with van der Waals surface area (Å²) in [4.78, 5) is 32.0. The maximum atomic E-state index is 13.4. The Morgan fingerprint density at radius 1 is 0.848 bits per heavy atom. The van der Waals surface area contributed by atoms with Crippen molar-refractivity contribution in [2.75, 3.05) is 49.5 Å². The van der Waals surface area contributed by atoms with Crippen molar-refractivity contribution in [1.29, 1.82) is 0 Å². The van der Waals surface area contributed by atoms with Crippen molar-refractivity contribution < 1.29 is 14.0 Å². The molecular weight excluding hydrogens is 419 g/mol. The van der Waals surface area contributed by atoms with E-state index in [1.807, 2.05) is 35.2 Å². The van der Waals surface area contributed by atoms with Gasteiger partial charge in [0.15, 0.2) is 0 Å². The van der Waals surface area contributed by atoms with Crippen molar-refractivity contribution in [1.82, 2.24) is 9.80 Å². The number of rotatable bonds is 7. The van der Waals surface area contributed by atoms with E-state index in [0.717, 1.165) is 44.7 Å². The van der Waals surface area contributed by atoms with Gasteiger partial charge < -0.3 is 10.2 Å². The van der Waals surface area contributed by atoms with Crippen LogP contribution in [0.3, 0.4) is 0 Å². The summed E-state index contributed by atoms with van der Waals surface area (Å²) in [6.07, 6.45) is 5.75. The summed E-state index contributed by atoms with van der Waals surface area (Å²) in [6, 6.07) is 16.1. The highest BCUT2D eigenvalue weighted by Crippen LogP contribution is 2.27. The third-order valence-electron chi connectivity index (χ3n) is 6.56. The highest BCUT2D eigenvalue weighted by Gasteiger charge is 2.29. The fraction of sp³-hybridized carbons (Fsp3) is 0.462. The molecule has 1 N–H and O–H groups in total. The topological polar surface area (TPSA) is 55.9 Å². The fourth-order valence-electron chi connectivity index (χ4n) is 4.80. The first-order valence-electron chi connectivity index (χ1n) is 12.0. The van der Waals surface area contributed by atoms with Crippen LogP contribution in [0.4, 0.5) is 15.8 Å². The molecule has 2 aromatic rings.